The number of carbonyl (C=O) groups excluding carboxylic acids is 1. The van der Waals surface area contributed by atoms with Crippen molar-refractivity contribution in [1.82, 2.24) is 16.0 Å². The minimum atomic E-state index is -0.840. The second-order valence-corrected chi connectivity index (χ2v) is 8.48. The van der Waals surface area contributed by atoms with Gasteiger partial charge in [-0.25, -0.2) is 0 Å². The summed E-state index contributed by atoms with van der Waals surface area (Å²) in [6.45, 7) is 7.16. The zero-order chi connectivity index (χ0) is 22.1. The van der Waals surface area contributed by atoms with Gasteiger partial charge in [-0.2, -0.15) is 0 Å². The van der Waals surface area contributed by atoms with Crippen LogP contribution in [0.2, 0.25) is 0 Å². The fraction of sp³-hybridized carbons (Fsp3) is 0.762. The standard InChI is InChI=1S/C21H38ClN5O3/c1-4-15-13(2)5-6-14(22)11-26-19(15)18(20(23)24)21(28)27-16-12-25-8-7-17(16)30-10-9-29-3/h6,13,16-18,20,25-26H,4-5,7-12,23-24H2,1-3H3,(H,27,28)/b14-6+,19-15-. The van der Waals surface area contributed by atoms with Crippen molar-refractivity contribution in [2.45, 2.75) is 51.4 Å². The van der Waals surface area contributed by atoms with Crippen molar-refractivity contribution in [3.05, 3.63) is 22.4 Å². The van der Waals surface area contributed by atoms with Gasteiger partial charge in [0.15, 0.2) is 0 Å². The zero-order valence-electron chi connectivity index (χ0n) is 18.4. The number of hydrogen-bond donors (Lipinski definition) is 5. The first-order valence-electron chi connectivity index (χ1n) is 10.8. The van der Waals surface area contributed by atoms with E-state index in [1.807, 2.05) is 6.08 Å². The monoisotopic (exact) mass is 443 g/mol. The molecule has 1 fully saturated rings. The van der Waals surface area contributed by atoms with Crippen LogP contribution in [-0.4, -0.2) is 64.2 Å². The minimum Gasteiger partial charge on any atom is -0.383 e. The van der Waals surface area contributed by atoms with E-state index in [0.29, 0.717) is 26.3 Å². The summed E-state index contributed by atoms with van der Waals surface area (Å²) < 4.78 is 11.0. The Labute approximate surface area is 185 Å². The number of methoxy groups -OCH3 is 1. The molecule has 9 heteroatoms. The van der Waals surface area contributed by atoms with E-state index in [2.05, 4.69) is 29.8 Å². The second kappa shape index (κ2) is 12.6. The molecule has 2 aliphatic rings. The number of hydrogen-bond acceptors (Lipinski definition) is 7. The molecule has 0 aromatic carbocycles. The molecule has 4 atom stereocenters. The first kappa shape index (κ1) is 25.1. The lowest BCUT2D eigenvalue weighted by atomic mass is 9.86. The molecule has 8 nitrogen and oxygen atoms in total. The average molecular weight is 444 g/mol. The summed E-state index contributed by atoms with van der Waals surface area (Å²) in [6, 6.07) is -0.163. The van der Waals surface area contributed by atoms with Gasteiger partial charge in [0.2, 0.25) is 5.91 Å². The van der Waals surface area contributed by atoms with Crippen LogP contribution in [-0.2, 0) is 14.3 Å². The predicted octanol–water partition coefficient (Wildman–Crippen LogP) is 0.772. The Morgan fingerprint density at radius 1 is 1.40 bits per heavy atom. The molecule has 0 aromatic heterocycles. The van der Waals surface area contributed by atoms with Gasteiger partial charge >= 0.3 is 0 Å². The fourth-order valence-corrected chi connectivity index (χ4v) is 4.31. The van der Waals surface area contributed by atoms with Crippen molar-refractivity contribution >= 4 is 17.5 Å². The molecule has 0 aromatic rings. The number of nitrogens with one attached hydrogen (secondary N) is 3. The number of amides is 1. The SMILES string of the molecule is CC/C1=C(\C(C(=O)NC2CNCCC2OCCOC)C(N)N)NC/C(Cl)=C\CC1C. The van der Waals surface area contributed by atoms with Crippen molar-refractivity contribution in [3.63, 3.8) is 0 Å². The third-order valence-electron chi connectivity index (χ3n) is 5.81. The van der Waals surface area contributed by atoms with Crippen LogP contribution in [0.5, 0.6) is 0 Å². The van der Waals surface area contributed by atoms with E-state index in [1.54, 1.807) is 7.11 Å². The van der Waals surface area contributed by atoms with E-state index in [-0.39, 0.29) is 24.0 Å². The number of halogens is 1. The van der Waals surface area contributed by atoms with E-state index < -0.39 is 12.1 Å². The largest absolute Gasteiger partial charge is 0.383 e. The number of nitrogens with two attached hydrogens (primary N) is 2. The Bertz CT molecular complexity index is 626. The lowest BCUT2D eigenvalue weighted by molar-refractivity contribution is -0.127. The first-order chi connectivity index (χ1) is 14.4. The molecule has 7 N–H and O–H groups in total. The minimum absolute atomic E-state index is 0.0822. The van der Waals surface area contributed by atoms with E-state index in [1.165, 1.54) is 0 Å². The Balaban J connectivity index is 2.20. The molecule has 172 valence electrons. The Kier molecular flexibility index (Phi) is 10.6. The van der Waals surface area contributed by atoms with Gasteiger partial charge in [-0.15, -0.1) is 0 Å². The van der Waals surface area contributed by atoms with Gasteiger partial charge in [-0.3, -0.25) is 4.79 Å². The Hall–Kier alpha value is -1.16. The van der Waals surface area contributed by atoms with E-state index in [0.717, 1.165) is 42.1 Å². The Morgan fingerprint density at radius 2 is 2.17 bits per heavy atom. The molecular weight excluding hydrogens is 406 g/mol. The summed E-state index contributed by atoms with van der Waals surface area (Å²) in [4.78, 5) is 13.4. The summed E-state index contributed by atoms with van der Waals surface area (Å²) in [6.07, 6.45) is 3.54. The van der Waals surface area contributed by atoms with Crippen molar-refractivity contribution in [2.24, 2.45) is 23.3 Å². The van der Waals surface area contributed by atoms with Gasteiger partial charge in [0, 0.05) is 24.4 Å². The smallest absolute Gasteiger partial charge is 0.232 e. The maximum absolute atomic E-state index is 13.4. The van der Waals surface area contributed by atoms with Gasteiger partial charge in [0.25, 0.3) is 0 Å². The molecule has 0 saturated carbocycles. The van der Waals surface area contributed by atoms with Crippen LogP contribution in [0.15, 0.2) is 22.4 Å². The van der Waals surface area contributed by atoms with E-state index in [9.17, 15) is 4.79 Å². The van der Waals surface area contributed by atoms with E-state index >= 15 is 0 Å². The molecule has 0 spiro atoms. The van der Waals surface area contributed by atoms with Gasteiger partial charge in [0.1, 0.15) is 5.92 Å². The maximum Gasteiger partial charge on any atom is 0.232 e. The van der Waals surface area contributed by atoms with Gasteiger partial charge in [-0.05, 0) is 37.3 Å². The summed E-state index contributed by atoms with van der Waals surface area (Å²) in [5.41, 5.74) is 14.2. The third kappa shape index (κ3) is 6.93. The molecule has 0 aliphatic carbocycles. The predicted molar refractivity (Wildman–Crippen MR) is 120 cm³/mol. The van der Waals surface area contributed by atoms with Crippen molar-refractivity contribution in [1.29, 1.82) is 0 Å². The van der Waals surface area contributed by atoms with Crippen molar-refractivity contribution < 1.29 is 14.3 Å². The maximum atomic E-state index is 13.4. The molecule has 0 bridgehead atoms. The molecule has 4 unspecified atom stereocenters. The van der Waals surface area contributed by atoms with Crippen LogP contribution < -0.4 is 27.4 Å². The number of allylic oxidation sites excluding steroid dienone is 2. The molecule has 2 rings (SSSR count). The molecular formula is C21H38ClN5O3. The number of ether oxygens (including phenoxy) is 2. The molecule has 1 amide bonds. The van der Waals surface area contributed by atoms with Crippen molar-refractivity contribution in [3.8, 4) is 0 Å². The fourth-order valence-electron chi connectivity index (χ4n) is 4.16. The highest BCUT2D eigenvalue weighted by Crippen LogP contribution is 2.29. The van der Waals surface area contributed by atoms with Crippen LogP contribution in [0, 0.1) is 11.8 Å². The topological polar surface area (TPSA) is 124 Å². The highest BCUT2D eigenvalue weighted by Gasteiger charge is 2.35. The van der Waals surface area contributed by atoms with Gasteiger partial charge < -0.3 is 36.9 Å². The average Bonchev–Trinajstić information content (AvgIpc) is 2.71. The molecule has 0 radical (unpaired) electrons. The first-order valence-corrected chi connectivity index (χ1v) is 11.2. The number of carbonyl (C=O) groups is 1. The van der Waals surface area contributed by atoms with Crippen LogP contribution in [0.4, 0.5) is 0 Å². The zero-order valence-corrected chi connectivity index (χ0v) is 19.1. The number of rotatable bonds is 9. The molecule has 2 heterocycles. The van der Waals surface area contributed by atoms with Gasteiger partial charge in [0.05, 0.1) is 38.1 Å². The number of piperidine rings is 1. The molecule has 30 heavy (non-hydrogen) atoms. The van der Waals surface area contributed by atoms with Crippen molar-refractivity contribution in [2.75, 3.05) is 40.0 Å². The highest BCUT2D eigenvalue weighted by atomic mass is 35.5. The quantitative estimate of drug-likeness (QED) is 0.263. The van der Waals surface area contributed by atoms with Crippen LogP contribution in [0.1, 0.15) is 33.1 Å². The lowest BCUT2D eigenvalue weighted by Crippen LogP contribution is -2.59. The van der Waals surface area contributed by atoms with Gasteiger partial charge in [-0.1, -0.05) is 31.5 Å². The highest BCUT2D eigenvalue weighted by molar-refractivity contribution is 6.29. The molecule has 1 saturated heterocycles. The van der Waals surface area contributed by atoms with E-state index in [4.69, 9.17) is 32.5 Å². The Morgan fingerprint density at radius 3 is 2.83 bits per heavy atom. The summed E-state index contributed by atoms with van der Waals surface area (Å²) in [5, 5.41) is 10.5. The third-order valence-corrected chi connectivity index (χ3v) is 6.09. The van der Waals surface area contributed by atoms with Crippen LogP contribution >= 0.6 is 11.6 Å². The van der Waals surface area contributed by atoms with Crippen LogP contribution in [0.25, 0.3) is 0 Å². The van der Waals surface area contributed by atoms with Crippen LogP contribution in [0.3, 0.4) is 0 Å². The summed E-state index contributed by atoms with van der Waals surface area (Å²) in [5.74, 6) is -0.644. The lowest BCUT2D eigenvalue weighted by Gasteiger charge is -2.35. The summed E-state index contributed by atoms with van der Waals surface area (Å²) >= 11 is 6.29. The summed E-state index contributed by atoms with van der Waals surface area (Å²) in [7, 11) is 1.64. The normalized spacial score (nSPS) is 30.6. The second-order valence-electron chi connectivity index (χ2n) is 8.00. The molecule has 2 aliphatic heterocycles.